The van der Waals surface area contributed by atoms with Crippen molar-refractivity contribution in [3.8, 4) is 0 Å². The molecule has 1 aliphatic rings. The van der Waals surface area contributed by atoms with E-state index in [0.29, 0.717) is 12.0 Å². The van der Waals surface area contributed by atoms with Crippen molar-refractivity contribution >= 4 is 17.5 Å². The van der Waals surface area contributed by atoms with Crippen molar-refractivity contribution in [2.75, 3.05) is 7.05 Å². The SMILES string of the molecule is C=C1CC(C(=O)N(C)C(C)C)C(Cl)CC1F. The van der Waals surface area contributed by atoms with Gasteiger partial charge in [-0.15, -0.1) is 11.6 Å². The molecule has 0 aromatic heterocycles. The van der Waals surface area contributed by atoms with E-state index in [0.717, 1.165) is 0 Å². The molecule has 0 saturated heterocycles. The zero-order valence-electron chi connectivity index (χ0n) is 10.0. The molecule has 16 heavy (non-hydrogen) atoms. The molecular weight excluding hydrogens is 229 g/mol. The van der Waals surface area contributed by atoms with Crippen molar-refractivity contribution in [2.24, 2.45) is 5.92 Å². The quantitative estimate of drug-likeness (QED) is 0.543. The molecule has 0 aromatic carbocycles. The van der Waals surface area contributed by atoms with Gasteiger partial charge in [-0.05, 0) is 32.3 Å². The highest BCUT2D eigenvalue weighted by Crippen LogP contribution is 2.34. The number of hydrogen-bond acceptors (Lipinski definition) is 1. The maximum atomic E-state index is 13.3. The van der Waals surface area contributed by atoms with Gasteiger partial charge in [0.05, 0.1) is 5.92 Å². The molecule has 0 aromatic rings. The van der Waals surface area contributed by atoms with Gasteiger partial charge in [-0.1, -0.05) is 6.58 Å². The third-order valence-electron chi connectivity index (χ3n) is 3.23. The highest BCUT2D eigenvalue weighted by molar-refractivity contribution is 6.22. The standard InChI is InChI=1S/C12H19ClFNO/c1-7(2)15(4)12(16)9-5-8(3)11(14)6-10(9)13/h7,9-11H,3,5-6H2,1-2,4H3. The zero-order valence-corrected chi connectivity index (χ0v) is 10.8. The lowest BCUT2D eigenvalue weighted by molar-refractivity contribution is -0.136. The Morgan fingerprint density at radius 1 is 1.62 bits per heavy atom. The van der Waals surface area contributed by atoms with Crippen molar-refractivity contribution in [1.29, 1.82) is 0 Å². The van der Waals surface area contributed by atoms with Crippen molar-refractivity contribution < 1.29 is 9.18 Å². The van der Waals surface area contributed by atoms with E-state index in [1.807, 2.05) is 13.8 Å². The number of carbonyl (C=O) groups excluding carboxylic acids is 1. The van der Waals surface area contributed by atoms with Crippen LogP contribution < -0.4 is 0 Å². The third kappa shape index (κ3) is 2.76. The van der Waals surface area contributed by atoms with Gasteiger partial charge in [0.1, 0.15) is 6.17 Å². The molecule has 0 bridgehead atoms. The smallest absolute Gasteiger partial charge is 0.227 e. The van der Waals surface area contributed by atoms with Gasteiger partial charge in [0.15, 0.2) is 0 Å². The minimum absolute atomic E-state index is 0.0111. The summed E-state index contributed by atoms with van der Waals surface area (Å²) < 4.78 is 13.3. The first-order valence-corrected chi connectivity index (χ1v) is 6.00. The lowest BCUT2D eigenvalue weighted by atomic mass is 9.83. The largest absolute Gasteiger partial charge is 0.343 e. The van der Waals surface area contributed by atoms with E-state index in [-0.39, 0.29) is 24.3 Å². The molecular formula is C12H19ClFNO. The van der Waals surface area contributed by atoms with Crippen LogP contribution in [0.3, 0.4) is 0 Å². The summed E-state index contributed by atoms with van der Waals surface area (Å²) in [6, 6.07) is 0.132. The van der Waals surface area contributed by atoms with Crippen molar-refractivity contribution in [2.45, 2.75) is 44.3 Å². The second-order valence-electron chi connectivity index (χ2n) is 4.73. The second-order valence-corrected chi connectivity index (χ2v) is 5.29. The van der Waals surface area contributed by atoms with E-state index >= 15 is 0 Å². The Balaban J connectivity index is 2.73. The fourth-order valence-corrected chi connectivity index (χ4v) is 2.18. The number of nitrogens with zero attached hydrogens (tertiary/aromatic N) is 1. The van der Waals surface area contributed by atoms with Crippen molar-refractivity contribution in [1.82, 2.24) is 4.90 Å². The van der Waals surface area contributed by atoms with Gasteiger partial charge in [0, 0.05) is 18.5 Å². The number of carbonyl (C=O) groups is 1. The van der Waals surface area contributed by atoms with E-state index in [1.165, 1.54) is 0 Å². The Kier molecular flexibility index (Phi) is 4.36. The van der Waals surface area contributed by atoms with Crippen LogP contribution in [0.4, 0.5) is 4.39 Å². The average molecular weight is 248 g/mol. The van der Waals surface area contributed by atoms with E-state index < -0.39 is 11.5 Å². The van der Waals surface area contributed by atoms with E-state index in [1.54, 1.807) is 11.9 Å². The molecule has 0 N–H and O–H groups in total. The summed E-state index contributed by atoms with van der Waals surface area (Å²) in [4.78, 5) is 13.7. The molecule has 0 radical (unpaired) electrons. The summed E-state index contributed by atoms with van der Waals surface area (Å²) in [7, 11) is 1.75. The lowest BCUT2D eigenvalue weighted by Crippen LogP contribution is -2.43. The lowest BCUT2D eigenvalue weighted by Gasteiger charge is -2.34. The number of rotatable bonds is 2. The molecule has 1 aliphatic carbocycles. The third-order valence-corrected chi connectivity index (χ3v) is 3.72. The molecule has 1 fully saturated rings. The predicted molar refractivity (Wildman–Crippen MR) is 64.3 cm³/mol. The molecule has 4 heteroatoms. The number of halogens is 2. The Hall–Kier alpha value is -0.570. The van der Waals surface area contributed by atoms with Crippen LogP contribution in [0.1, 0.15) is 26.7 Å². The van der Waals surface area contributed by atoms with Crippen LogP contribution in [0, 0.1) is 5.92 Å². The Morgan fingerprint density at radius 3 is 2.69 bits per heavy atom. The molecule has 2 nitrogen and oxygen atoms in total. The van der Waals surface area contributed by atoms with Gasteiger partial charge in [0.25, 0.3) is 0 Å². The van der Waals surface area contributed by atoms with E-state index in [4.69, 9.17) is 11.6 Å². The first-order chi connectivity index (χ1) is 7.34. The van der Waals surface area contributed by atoms with Crippen LogP contribution in [0.2, 0.25) is 0 Å². The van der Waals surface area contributed by atoms with Crippen LogP contribution in [0.15, 0.2) is 12.2 Å². The molecule has 3 unspecified atom stereocenters. The fourth-order valence-electron chi connectivity index (χ4n) is 1.82. The fraction of sp³-hybridized carbons (Fsp3) is 0.750. The molecule has 1 rings (SSSR count). The highest BCUT2D eigenvalue weighted by Gasteiger charge is 2.37. The maximum absolute atomic E-state index is 13.3. The van der Waals surface area contributed by atoms with Crippen molar-refractivity contribution in [3.05, 3.63) is 12.2 Å². The topological polar surface area (TPSA) is 20.3 Å². The molecule has 0 aliphatic heterocycles. The van der Waals surface area contributed by atoms with E-state index in [2.05, 4.69) is 6.58 Å². The van der Waals surface area contributed by atoms with Gasteiger partial charge in [-0.2, -0.15) is 0 Å². The van der Waals surface area contributed by atoms with Gasteiger partial charge in [-0.25, -0.2) is 4.39 Å². The summed E-state index contributed by atoms with van der Waals surface area (Å²) in [5.74, 6) is -0.336. The first-order valence-electron chi connectivity index (χ1n) is 5.57. The van der Waals surface area contributed by atoms with Crippen LogP contribution in [-0.2, 0) is 4.79 Å². The summed E-state index contributed by atoms with van der Waals surface area (Å²) in [5.41, 5.74) is 0.493. The normalized spacial score (nSPS) is 30.6. The van der Waals surface area contributed by atoms with Crippen LogP contribution in [0.25, 0.3) is 0 Å². The summed E-state index contributed by atoms with van der Waals surface area (Å²) in [5, 5.41) is -0.422. The Morgan fingerprint density at radius 2 is 2.19 bits per heavy atom. The molecule has 92 valence electrons. The maximum Gasteiger partial charge on any atom is 0.227 e. The minimum atomic E-state index is -1.06. The summed E-state index contributed by atoms with van der Waals surface area (Å²) in [6.07, 6.45) is -0.496. The highest BCUT2D eigenvalue weighted by atomic mass is 35.5. The van der Waals surface area contributed by atoms with Crippen LogP contribution in [0.5, 0.6) is 0 Å². The number of amides is 1. The number of hydrogen-bond donors (Lipinski definition) is 0. The Labute approximate surface area is 101 Å². The minimum Gasteiger partial charge on any atom is -0.343 e. The van der Waals surface area contributed by atoms with Gasteiger partial charge >= 0.3 is 0 Å². The van der Waals surface area contributed by atoms with Crippen LogP contribution in [-0.4, -0.2) is 35.4 Å². The number of allylic oxidation sites excluding steroid dienone is 1. The van der Waals surface area contributed by atoms with Crippen LogP contribution >= 0.6 is 11.6 Å². The summed E-state index contributed by atoms with van der Waals surface area (Å²) >= 11 is 6.06. The zero-order chi connectivity index (χ0) is 12.5. The van der Waals surface area contributed by atoms with Crippen molar-refractivity contribution in [3.63, 3.8) is 0 Å². The molecule has 0 spiro atoms. The summed E-state index contributed by atoms with van der Waals surface area (Å²) in [6.45, 7) is 7.54. The van der Waals surface area contributed by atoms with Gasteiger partial charge in [0.2, 0.25) is 5.91 Å². The molecule has 1 amide bonds. The molecule has 3 atom stereocenters. The van der Waals surface area contributed by atoms with E-state index in [9.17, 15) is 9.18 Å². The first kappa shape index (κ1) is 13.5. The molecule has 0 heterocycles. The predicted octanol–water partition coefficient (Wildman–Crippen LogP) is 2.76. The average Bonchev–Trinajstić information content (AvgIpc) is 2.21. The van der Waals surface area contributed by atoms with Gasteiger partial charge < -0.3 is 4.90 Å². The Bertz CT molecular complexity index is 293. The van der Waals surface area contributed by atoms with Gasteiger partial charge in [-0.3, -0.25) is 4.79 Å². The number of alkyl halides is 2. The monoisotopic (exact) mass is 247 g/mol. The second kappa shape index (κ2) is 5.17. The molecule has 1 saturated carbocycles.